The van der Waals surface area contributed by atoms with Gasteiger partial charge in [0.1, 0.15) is 11.6 Å². The van der Waals surface area contributed by atoms with E-state index in [9.17, 15) is 9.90 Å². The molecule has 1 atom stereocenters. The number of amides is 1. The van der Waals surface area contributed by atoms with Crippen LogP contribution in [0.25, 0.3) is 0 Å². The van der Waals surface area contributed by atoms with Crippen molar-refractivity contribution in [2.24, 2.45) is 0 Å². The number of carboxylic acid groups (broad SMARTS) is 1. The molecule has 2 N–H and O–H groups in total. The first-order valence-corrected chi connectivity index (χ1v) is 15.6. The first kappa shape index (κ1) is 31.3. The molecule has 4 aromatic rings. The van der Waals surface area contributed by atoms with Gasteiger partial charge in [0.25, 0.3) is 0 Å². The third kappa shape index (κ3) is 7.87. The Hall–Kier alpha value is -4.14. The number of ether oxygens (including phenoxy) is 1. The molecule has 8 nitrogen and oxygen atoms in total. The highest BCUT2D eigenvalue weighted by Crippen LogP contribution is 2.37. The molecule has 1 saturated heterocycles. The van der Waals surface area contributed by atoms with E-state index in [-0.39, 0.29) is 11.8 Å². The number of hydrogen-bond donors (Lipinski definition) is 2. The van der Waals surface area contributed by atoms with Gasteiger partial charge in [-0.3, -0.25) is 0 Å². The molecule has 1 fully saturated rings. The maximum Gasteiger partial charge on any atom is 0.413 e. The Morgan fingerprint density at radius 2 is 1.77 bits per heavy atom. The van der Waals surface area contributed by atoms with Crippen LogP contribution in [0.5, 0.6) is 5.75 Å². The Labute approximate surface area is 264 Å². The van der Waals surface area contributed by atoms with Crippen LogP contribution in [0.15, 0.2) is 72.9 Å². The summed E-state index contributed by atoms with van der Waals surface area (Å²) >= 11 is 6.40. The number of anilines is 3. The summed E-state index contributed by atoms with van der Waals surface area (Å²) in [6.07, 6.45) is 5.30. The van der Waals surface area contributed by atoms with Gasteiger partial charge in [0.15, 0.2) is 0 Å². The van der Waals surface area contributed by atoms with E-state index in [1.165, 1.54) is 37.3 Å². The summed E-state index contributed by atoms with van der Waals surface area (Å²) in [5, 5.41) is 14.4. The second kappa shape index (κ2) is 14.6. The van der Waals surface area contributed by atoms with E-state index in [1.54, 1.807) is 24.4 Å². The van der Waals surface area contributed by atoms with Crippen LogP contribution in [0.3, 0.4) is 0 Å². The maximum atomic E-state index is 13.0. The van der Waals surface area contributed by atoms with Crippen molar-refractivity contribution in [2.45, 2.75) is 52.5 Å². The average Bonchev–Trinajstić information content (AvgIpc) is 2.99. The van der Waals surface area contributed by atoms with Gasteiger partial charge in [-0.2, -0.15) is 4.98 Å². The van der Waals surface area contributed by atoms with E-state index < -0.39 is 12.1 Å². The molecule has 230 valence electrons. The second-order valence-corrected chi connectivity index (χ2v) is 11.9. The zero-order chi connectivity index (χ0) is 31.1. The van der Waals surface area contributed by atoms with Crippen LogP contribution in [0.1, 0.15) is 59.5 Å². The molecule has 1 aliphatic rings. The highest BCUT2D eigenvalue weighted by molar-refractivity contribution is 6.30. The molecular weight excluding hydrogens is 574 g/mol. The topological polar surface area (TPSA) is 90.8 Å². The molecule has 0 saturated carbocycles. The molecule has 2 heterocycles. The minimum Gasteiger partial charge on any atom is -0.493 e. The predicted octanol–water partition coefficient (Wildman–Crippen LogP) is 8.33. The van der Waals surface area contributed by atoms with E-state index in [0.29, 0.717) is 11.6 Å². The fourth-order valence-electron chi connectivity index (χ4n) is 6.08. The summed E-state index contributed by atoms with van der Waals surface area (Å²) in [7, 11) is 0. The smallest absolute Gasteiger partial charge is 0.413 e. The lowest BCUT2D eigenvalue weighted by molar-refractivity contribution is 0.200. The number of nitrogens with zero attached hydrogens (tertiary/aromatic N) is 4. The molecule has 1 aromatic heterocycles. The molecular formula is C35H40ClN5O3. The van der Waals surface area contributed by atoms with Crippen LogP contribution in [-0.4, -0.2) is 52.3 Å². The van der Waals surface area contributed by atoms with Crippen molar-refractivity contribution < 1.29 is 14.6 Å². The second-order valence-electron chi connectivity index (χ2n) is 11.4. The Balaban J connectivity index is 1.38. The van der Waals surface area contributed by atoms with Crippen molar-refractivity contribution in [2.75, 3.05) is 36.5 Å². The van der Waals surface area contributed by atoms with Crippen LogP contribution < -0.4 is 15.0 Å². The molecule has 1 aliphatic heterocycles. The van der Waals surface area contributed by atoms with Crippen LogP contribution >= 0.6 is 11.6 Å². The standard InChI is InChI=1S/C35H40ClN5O3/c1-24-20-25(2)32(26(3)21-24)33(27-10-7-11-28(36)22-27)41(35(42)43)31-14-15-37-34(39-31)38-29-12-8-13-30(23-29)44-19-9-18-40-16-5-4-6-17-40/h7-8,10-15,20-23,33H,4-6,9,16-19H2,1-3H3,(H,42,43)(H,37,38,39). The molecule has 0 spiro atoms. The van der Waals surface area contributed by atoms with Crippen molar-refractivity contribution in [3.63, 3.8) is 0 Å². The number of aromatic nitrogens is 2. The van der Waals surface area contributed by atoms with E-state index in [2.05, 4.69) is 32.3 Å². The lowest BCUT2D eigenvalue weighted by Gasteiger charge is -2.32. The summed E-state index contributed by atoms with van der Waals surface area (Å²) in [6.45, 7) is 10.1. The van der Waals surface area contributed by atoms with Crippen molar-refractivity contribution in [1.29, 1.82) is 0 Å². The molecule has 0 bridgehead atoms. The summed E-state index contributed by atoms with van der Waals surface area (Å²) in [5.74, 6) is 1.27. The summed E-state index contributed by atoms with van der Waals surface area (Å²) in [6, 6.07) is 20.0. The van der Waals surface area contributed by atoms with Gasteiger partial charge in [-0.15, -0.1) is 0 Å². The van der Waals surface area contributed by atoms with E-state index >= 15 is 0 Å². The Morgan fingerprint density at radius 3 is 2.50 bits per heavy atom. The Morgan fingerprint density at radius 1 is 1.02 bits per heavy atom. The van der Waals surface area contributed by atoms with E-state index in [1.807, 2.05) is 57.2 Å². The molecule has 0 radical (unpaired) electrons. The highest BCUT2D eigenvalue weighted by Gasteiger charge is 2.32. The van der Waals surface area contributed by atoms with Gasteiger partial charge in [0, 0.05) is 29.5 Å². The zero-order valence-corrected chi connectivity index (χ0v) is 26.3. The van der Waals surface area contributed by atoms with Crippen LogP contribution in [-0.2, 0) is 0 Å². The number of likely N-dealkylation sites (tertiary alicyclic amines) is 1. The monoisotopic (exact) mass is 613 g/mol. The van der Waals surface area contributed by atoms with Gasteiger partial charge in [-0.1, -0.05) is 53.9 Å². The summed E-state index contributed by atoms with van der Waals surface area (Å²) in [4.78, 5) is 25.8. The van der Waals surface area contributed by atoms with E-state index in [0.717, 1.165) is 52.2 Å². The van der Waals surface area contributed by atoms with Crippen molar-refractivity contribution in [3.05, 3.63) is 106 Å². The minimum absolute atomic E-state index is 0.240. The number of rotatable bonds is 11. The summed E-state index contributed by atoms with van der Waals surface area (Å²) in [5.41, 5.74) is 5.45. The first-order valence-electron chi connectivity index (χ1n) is 15.2. The quantitative estimate of drug-likeness (QED) is 0.164. The van der Waals surface area contributed by atoms with Crippen molar-refractivity contribution in [1.82, 2.24) is 14.9 Å². The number of nitrogens with one attached hydrogen (secondary N) is 1. The van der Waals surface area contributed by atoms with E-state index in [4.69, 9.17) is 16.3 Å². The molecule has 0 aliphatic carbocycles. The SMILES string of the molecule is Cc1cc(C)c(C(c2cccc(Cl)c2)N(C(=O)O)c2ccnc(Nc3cccc(OCCCN4CCCCC4)c3)n2)c(C)c1. The van der Waals surface area contributed by atoms with Gasteiger partial charge in [0.05, 0.1) is 12.6 Å². The van der Waals surface area contributed by atoms with Crippen molar-refractivity contribution in [3.8, 4) is 5.75 Å². The Kier molecular flexibility index (Phi) is 10.4. The molecule has 1 amide bonds. The van der Waals surface area contributed by atoms with Gasteiger partial charge < -0.3 is 20.1 Å². The number of piperidine rings is 1. The molecule has 3 aromatic carbocycles. The lowest BCUT2D eigenvalue weighted by atomic mass is 9.89. The highest BCUT2D eigenvalue weighted by atomic mass is 35.5. The number of aryl methyl sites for hydroxylation is 3. The van der Waals surface area contributed by atoms with Gasteiger partial charge in [0.2, 0.25) is 5.95 Å². The number of hydrogen-bond acceptors (Lipinski definition) is 6. The maximum absolute atomic E-state index is 13.0. The van der Waals surface area contributed by atoms with Gasteiger partial charge in [-0.05, 0) is 106 Å². The third-order valence-corrected chi connectivity index (χ3v) is 8.19. The number of halogens is 1. The predicted molar refractivity (Wildman–Crippen MR) is 177 cm³/mol. The molecule has 5 rings (SSSR count). The Bertz CT molecular complexity index is 1570. The molecule has 44 heavy (non-hydrogen) atoms. The minimum atomic E-state index is -1.14. The van der Waals surface area contributed by atoms with Gasteiger partial charge in [-0.25, -0.2) is 14.7 Å². The normalized spacial score (nSPS) is 14.2. The fourth-order valence-corrected chi connectivity index (χ4v) is 6.28. The van der Waals surface area contributed by atoms with Crippen LogP contribution in [0.4, 0.5) is 22.2 Å². The number of carbonyl (C=O) groups is 1. The van der Waals surface area contributed by atoms with Crippen molar-refractivity contribution >= 4 is 35.1 Å². The average molecular weight is 614 g/mol. The molecule has 1 unspecified atom stereocenters. The zero-order valence-electron chi connectivity index (χ0n) is 25.6. The molecule has 9 heteroatoms. The van der Waals surface area contributed by atoms with Gasteiger partial charge >= 0.3 is 6.09 Å². The van der Waals surface area contributed by atoms with Crippen LogP contribution in [0.2, 0.25) is 5.02 Å². The fraction of sp³-hybridized carbons (Fsp3) is 0.343. The lowest BCUT2D eigenvalue weighted by Crippen LogP contribution is -2.36. The van der Waals surface area contributed by atoms with Crippen LogP contribution in [0, 0.1) is 20.8 Å². The largest absolute Gasteiger partial charge is 0.493 e. The number of benzene rings is 3. The third-order valence-electron chi connectivity index (χ3n) is 7.95. The summed E-state index contributed by atoms with van der Waals surface area (Å²) < 4.78 is 6.03. The first-order chi connectivity index (χ1) is 21.3.